The van der Waals surface area contributed by atoms with E-state index in [1.165, 1.54) is 17.7 Å². The molecule has 2 saturated heterocycles. The lowest BCUT2D eigenvalue weighted by Crippen LogP contribution is -2.45. The molecule has 0 unspecified atom stereocenters. The molecule has 52 heavy (non-hydrogen) atoms. The number of aliphatic carboxylic acids is 1. The minimum absolute atomic E-state index is 0.0775. The van der Waals surface area contributed by atoms with Gasteiger partial charge in [0.15, 0.2) is 0 Å². The van der Waals surface area contributed by atoms with E-state index in [0.29, 0.717) is 54.9 Å². The van der Waals surface area contributed by atoms with E-state index in [1.807, 2.05) is 52.3 Å². The Morgan fingerprint density at radius 1 is 0.865 bits per heavy atom. The summed E-state index contributed by atoms with van der Waals surface area (Å²) in [4.78, 5) is 42.0. The summed E-state index contributed by atoms with van der Waals surface area (Å²) in [6, 6.07) is 19.8. The highest BCUT2D eigenvalue weighted by molar-refractivity contribution is 6.42. The zero-order valence-corrected chi connectivity index (χ0v) is 30.4. The van der Waals surface area contributed by atoms with Gasteiger partial charge in [0.2, 0.25) is 11.8 Å². The highest BCUT2D eigenvalue weighted by Gasteiger charge is 2.38. The smallest absolute Gasteiger partial charge is 0.490 e. The minimum Gasteiger partial charge on any atom is -0.497 e. The normalized spacial score (nSPS) is 15.8. The number of anilines is 1. The van der Waals surface area contributed by atoms with Crippen molar-refractivity contribution in [2.75, 3.05) is 51.3 Å². The standard InChI is InChI=1S/C36H42Cl2FN3O3.C2HF3O2/c1-45-32-10-5-27(6-11-32)24-35(43)41-21-15-29(16-22-41)36(44)42(31-9-12-33(37)34(38)25-31)18-2-17-40-19-13-28(14-20-40)23-26-3-7-30(39)8-4-26;3-2(4,5)1(6)7/h3-12,25,28-29H,2,13-24H2,1H3;(H,6,7). The van der Waals surface area contributed by atoms with Crippen molar-refractivity contribution in [2.24, 2.45) is 11.8 Å². The van der Waals surface area contributed by atoms with Gasteiger partial charge in [-0.2, -0.15) is 13.2 Å². The molecule has 2 aliphatic heterocycles. The second-order valence-corrected chi connectivity index (χ2v) is 13.9. The molecule has 2 heterocycles. The van der Waals surface area contributed by atoms with Crippen LogP contribution >= 0.6 is 23.2 Å². The van der Waals surface area contributed by atoms with Crippen LogP contribution < -0.4 is 9.64 Å². The van der Waals surface area contributed by atoms with Gasteiger partial charge >= 0.3 is 12.1 Å². The van der Waals surface area contributed by atoms with Crippen molar-refractivity contribution in [3.05, 3.63) is 93.7 Å². The number of amides is 2. The molecule has 2 amide bonds. The topological polar surface area (TPSA) is 90.4 Å². The molecule has 0 atom stereocenters. The Kier molecular flexibility index (Phi) is 15.2. The quantitative estimate of drug-likeness (QED) is 0.200. The molecule has 282 valence electrons. The van der Waals surface area contributed by atoms with Crippen molar-refractivity contribution < 1.29 is 41.8 Å². The van der Waals surface area contributed by atoms with Crippen LogP contribution in [0.25, 0.3) is 0 Å². The van der Waals surface area contributed by atoms with Crippen LogP contribution in [0.15, 0.2) is 66.7 Å². The number of rotatable bonds is 11. The number of nitrogens with zero attached hydrogens (tertiary/aromatic N) is 3. The van der Waals surface area contributed by atoms with E-state index in [-0.39, 0.29) is 23.5 Å². The van der Waals surface area contributed by atoms with Crippen molar-refractivity contribution in [2.45, 2.75) is 51.1 Å². The van der Waals surface area contributed by atoms with Gasteiger partial charge in [0, 0.05) is 31.2 Å². The summed E-state index contributed by atoms with van der Waals surface area (Å²) in [7, 11) is 1.62. The van der Waals surface area contributed by atoms with E-state index in [2.05, 4.69) is 4.90 Å². The number of methoxy groups -OCH3 is 1. The number of hydrogen-bond acceptors (Lipinski definition) is 5. The van der Waals surface area contributed by atoms with Crippen LogP contribution in [0, 0.1) is 17.7 Å². The van der Waals surface area contributed by atoms with Gasteiger partial charge in [-0.15, -0.1) is 0 Å². The second-order valence-electron chi connectivity index (χ2n) is 13.0. The van der Waals surface area contributed by atoms with Crippen LogP contribution in [-0.4, -0.2) is 85.2 Å². The third-order valence-corrected chi connectivity index (χ3v) is 10.2. The Bertz CT molecular complexity index is 1630. The molecule has 0 aliphatic carbocycles. The Hall–Kier alpha value is -3.87. The number of alkyl halides is 3. The van der Waals surface area contributed by atoms with E-state index >= 15 is 0 Å². The highest BCUT2D eigenvalue weighted by Crippen LogP contribution is 2.30. The number of carboxylic acids is 1. The van der Waals surface area contributed by atoms with Gasteiger partial charge in [-0.25, -0.2) is 9.18 Å². The molecule has 5 rings (SSSR count). The van der Waals surface area contributed by atoms with Gasteiger partial charge in [0.05, 0.1) is 23.6 Å². The largest absolute Gasteiger partial charge is 0.497 e. The molecule has 0 radical (unpaired) electrons. The van der Waals surface area contributed by atoms with Gasteiger partial charge in [-0.3, -0.25) is 9.59 Å². The summed E-state index contributed by atoms with van der Waals surface area (Å²) in [5, 5.41) is 8.01. The summed E-state index contributed by atoms with van der Waals surface area (Å²) in [5.74, 6) is -1.58. The van der Waals surface area contributed by atoms with Gasteiger partial charge in [0.1, 0.15) is 11.6 Å². The lowest BCUT2D eigenvalue weighted by atomic mass is 9.90. The molecule has 3 aromatic rings. The van der Waals surface area contributed by atoms with Crippen molar-refractivity contribution >= 4 is 46.7 Å². The summed E-state index contributed by atoms with van der Waals surface area (Å²) in [5.41, 5.74) is 2.89. The van der Waals surface area contributed by atoms with Gasteiger partial charge in [-0.1, -0.05) is 47.5 Å². The van der Waals surface area contributed by atoms with Crippen LogP contribution in [0.1, 0.15) is 43.2 Å². The van der Waals surface area contributed by atoms with E-state index < -0.39 is 12.1 Å². The predicted molar refractivity (Wildman–Crippen MR) is 192 cm³/mol. The lowest BCUT2D eigenvalue weighted by Gasteiger charge is -2.35. The number of piperidine rings is 2. The highest BCUT2D eigenvalue weighted by atomic mass is 35.5. The number of carboxylic acid groups (broad SMARTS) is 1. The fourth-order valence-corrected chi connectivity index (χ4v) is 6.76. The van der Waals surface area contributed by atoms with Crippen molar-refractivity contribution in [3.8, 4) is 5.75 Å². The molecule has 14 heteroatoms. The number of carbonyl (C=O) groups excluding carboxylic acids is 2. The molecular weight excluding hydrogens is 725 g/mol. The summed E-state index contributed by atoms with van der Waals surface area (Å²) >= 11 is 12.6. The summed E-state index contributed by atoms with van der Waals surface area (Å²) in [6.07, 6.45) is 0.569. The third-order valence-electron chi connectivity index (χ3n) is 9.44. The molecule has 2 fully saturated rings. The molecule has 0 saturated carbocycles. The zero-order valence-electron chi connectivity index (χ0n) is 28.9. The SMILES string of the molecule is COc1ccc(CC(=O)N2CCC(C(=O)N(CCCN3CCC(Cc4ccc(F)cc4)CC3)c3ccc(Cl)c(Cl)c3)CC2)cc1.O=C(O)C(F)(F)F. The van der Waals surface area contributed by atoms with Gasteiger partial charge in [-0.05, 0) is 118 Å². The second kappa shape index (κ2) is 19.3. The molecule has 0 bridgehead atoms. The fourth-order valence-electron chi connectivity index (χ4n) is 6.47. The number of carbonyl (C=O) groups is 3. The zero-order chi connectivity index (χ0) is 37.8. The van der Waals surface area contributed by atoms with Crippen LogP contribution in [0.3, 0.4) is 0 Å². The molecular formula is C38H43Cl2F4N3O5. The van der Waals surface area contributed by atoms with Crippen molar-refractivity contribution in [3.63, 3.8) is 0 Å². The van der Waals surface area contributed by atoms with Crippen molar-refractivity contribution in [1.29, 1.82) is 0 Å². The van der Waals surface area contributed by atoms with Crippen LogP contribution in [0.4, 0.5) is 23.2 Å². The number of halogens is 6. The first-order chi connectivity index (χ1) is 24.7. The molecule has 0 aromatic heterocycles. The Morgan fingerprint density at radius 3 is 2.02 bits per heavy atom. The fraction of sp³-hybridized carbons (Fsp3) is 0.447. The van der Waals surface area contributed by atoms with Crippen LogP contribution in [0.2, 0.25) is 10.0 Å². The van der Waals surface area contributed by atoms with Crippen LogP contribution in [-0.2, 0) is 27.2 Å². The molecule has 1 N–H and O–H groups in total. The first-order valence-corrected chi connectivity index (χ1v) is 17.9. The lowest BCUT2D eigenvalue weighted by molar-refractivity contribution is -0.192. The first kappa shape index (κ1) is 40.9. The summed E-state index contributed by atoms with van der Waals surface area (Å²) in [6.45, 7) is 4.67. The maximum atomic E-state index is 13.9. The maximum absolute atomic E-state index is 13.9. The average molecular weight is 769 g/mol. The van der Waals surface area contributed by atoms with E-state index in [0.717, 1.165) is 62.3 Å². The van der Waals surface area contributed by atoms with Gasteiger partial charge in [0.25, 0.3) is 0 Å². The molecule has 8 nitrogen and oxygen atoms in total. The van der Waals surface area contributed by atoms with Crippen molar-refractivity contribution in [1.82, 2.24) is 9.80 Å². The van der Waals surface area contributed by atoms with E-state index in [4.69, 9.17) is 37.8 Å². The molecule has 0 spiro atoms. The number of likely N-dealkylation sites (tertiary alicyclic amines) is 2. The number of hydrogen-bond donors (Lipinski definition) is 1. The average Bonchev–Trinajstić information content (AvgIpc) is 3.13. The van der Waals surface area contributed by atoms with E-state index in [9.17, 15) is 27.2 Å². The Labute approximate surface area is 311 Å². The molecule has 2 aliphatic rings. The van der Waals surface area contributed by atoms with Gasteiger partial charge < -0.3 is 24.5 Å². The number of ether oxygens (including phenoxy) is 1. The maximum Gasteiger partial charge on any atom is 0.490 e. The molecule has 3 aromatic carbocycles. The monoisotopic (exact) mass is 767 g/mol. The van der Waals surface area contributed by atoms with E-state index in [1.54, 1.807) is 19.2 Å². The number of benzene rings is 3. The predicted octanol–water partition coefficient (Wildman–Crippen LogP) is 7.93. The van der Waals surface area contributed by atoms with Crippen LogP contribution in [0.5, 0.6) is 5.75 Å². The Balaban J connectivity index is 0.000000785. The minimum atomic E-state index is -5.08. The summed E-state index contributed by atoms with van der Waals surface area (Å²) < 4.78 is 50.2. The first-order valence-electron chi connectivity index (χ1n) is 17.2. The Morgan fingerprint density at radius 2 is 1.46 bits per heavy atom. The third kappa shape index (κ3) is 12.4.